The monoisotopic (exact) mass is 839 g/mol. The third kappa shape index (κ3) is 11.8. The summed E-state index contributed by atoms with van der Waals surface area (Å²) in [4.78, 5) is 11.3. The predicted octanol–water partition coefficient (Wildman–Crippen LogP) is 3.41. The Labute approximate surface area is 344 Å². The molecule has 20 nitrogen and oxygen atoms in total. The van der Waals surface area contributed by atoms with E-state index in [2.05, 4.69) is 55.4 Å². The minimum absolute atomic E-state index is 0.0249. The molecule has 21 heteroatoms. The standard InChI is InChI=1S/C37H65N11O9S/c1-5-38-35-40-36(42-37(52)41-35)39-26-8-6-7-23-24(26)16-31(58-57-56-53)32(33(23)49)48-44-22-13-14-25(19(2)15-22)45-47-28-18-29(54-3)27(17-30(28)55-4)46-43-21-11-9-20(10-12-21)34(50)51/h5,19-33,35-42,49,52-53H,1,6-18H2,2-4H3,(H,50,51). The number of hydrogen-bond donors (Lipinski definition) is 9. The first-order valence-electron chi connectivity index (χ1n) is 21.0. The fourth-order valence-electron chi connectivity index (χ4n) is 10.0. The summed E-state index contributed by atoms with van der Waals surface area (Å²) in [6.45, 7) is 5.86. The van der Waals surface area contributed by atoms with E-state index in [1.807, 2.05) is 0 Å². The molecule has 0 aromatic heterocycles. The van der Waals surface area contributed by atoms with E-state index in [1.165, 1.54) is 0 Å². The van der Waals surface area contributed by atoms with E-state index in [-0.39, 0.29) is 77.4 Å². The molecule has 9 N–H and O–H groups in total. The van der Waals surface area contributed by atoms with Gasteiger partial charge in [0.15, 0.2) is 6.35 Å². The molecule has 16 unspecified atom stereocenters. The van der Waals surface area contributed by atoms with Crippen LogP contribution in [0, 0.1) is 23.7 Å². The van der Waals surface area contributed by atoms with E-state index in [0.717, 1.165) is 63.4 Å². The first-order chi connectivity index (χ1) is 28.1. The number of nitrogens with one attached hydrogen (secondary N) is 5. The van der Waals surface area contributed by atoms with Crippen molar-refractivity contribution in [3.63, 3.8) is 0 Å². The summed E-state index contributed by atoms with van der Waals surface area (Å²) in [5.41, 5.74) is 0. The van der Waals surface area contributed by atoms with Crippen molar-refractivity contribution < 1.29 is 44.2 Å². The number of aliphatic hydroxyl groups is 2. The SMILES string of the molecule is C=CNC1NC(O)NC(NC2CCCC3C(O)C(N=NC4CCC(N=NC5CC(OC)C(N=NC6CCC(C(=O)O)CC6)CC5OC)C(C)C4)C(SOOO)CC23)N1. The molecule has 6 aliphatic rings. The number of hydrogen-bond acceptors (Lipinski definition) is 20. The molecule has 1 saturated heterocycles. The molecule has 5 saturated carbocycles. The van der Waals surface area contributed by atoms with E-state index in [9.17, 15) is 20.1 Å². The number of carbonyl (C=O) groups is 1. The topological polar surface area (TPSA) is 269 Å². The smallest absolute Gasteiger partial charge is 0.306 e. The van der Waals surface area contributed by atoms with Gasteiger partial charge in [0.05, 0.1) is 59.7 Å². The molecule has 5 aliphatic carbocycles. The Hall–Kier alpha value is -2.28. The molecule has 1 heterocycles. The third-order valence-corrected chi connectivity index (χ3v) is 14.2. The van der Waals surface area contributed by atoms with Gasteiger partial charge in [0.2, 0.25) is 0 Å². The highest BCUT2D eigenvalue weighted by molar-refractivity contribution is 7.95. The molecule has 0 aromatic carbocycles. The summed E-state index contributed by atoms with van der Waals surface area (Å²) in [5.74, 6) is -0.754. The van der Waals surface area contributed by atoms with E-state index >= 15 is 0 Å². The lowest BCUT2D eigenvalue weighted by molar-refractivity contribution is -0.432. The second kappa shape index (κ2) is 22.0. The van der Waals surface area contributed by atoms with Crippen LogP contribution in [0.3, 0.4) is 0 Å². The van der Waals surface area contributed by atoms with Crippen molar-refractivity contribution in [3.8, 4) is 0 Å². The van der Waals surface area contributed by atoms with Crippen LogP contribution in [-0.2, 0) is 23.6 Å². The average molecular weight is 840 g/mol. The summed E-state index contributed by atoms with van der Waals surface area (Å²) >= 11 is 0.950. The molecule has 0 bridgehead atoms. The number of nitrogens with zero attached hydrogens (tertiary/aromatic N) is 6. The van der Waals surface area contributed by atoms with Crippen molar-refractivity contribution in [2.45, 2.75) is 175 Å². The highest BCUT2D eigenvalue weighted by Gasteiger charge is 2.50. The number of aliphatic carboxylic acids is 1. The Bertz CT molecular complexity index is 1400. The molecule has 0 spiro atoms. The quantitative estimate of drug-likeness (QED) is 0.0467. The van der Waals surface area contributed by atoms with Crippen molar-refractivity contribution in [3.05, 3.63) is 12.8 Å². The molecule has 1 aliphatic heterocycles. The number of azo groups is 3. The number of carboxylic acids is 1. The number of rotatable bonds is 16. The van der Waals surface area contributed by atoms with Gasteiger partial charge in [0, 0.05) is 45.1 Å². The molecular formula is C37H65N11O9S. The Morgan fingerprint density at radius 2 is 1.43 bits per heavy atom. The van der Waals surface area contributed by atoms with Crippen LogP contribution in [0.5, 0.6) is 0 Å². The van der Waals surface area contributed by atoms with Gasteiger partial charge in [-0.15, -0.1) is 4.33 Å². The van der Waals surface area contributed by atoms with Crippen LogP contribution < -0.4 is 26.6 Å². The summed E-state index contributed by atoms with van der Waals surface area (Å²) < 4.78 is 16.7. The first-order valence-corrected chi connectivity index (χ1v) is 21.8. The summed E-state index contributed by atoms with van der Waals surface area (Å²) in [6, 6.07) is -0.823. The minimum Gasteiger partial charge on any atom is -0.481 e. The zero-order chi connectivity index (χ0) is 41.2. The van der Waals surface area contributed by atoms with Gasteiger partial charge in [-0.25, -0.2) is 10.6 Å². The van der Waals surface area contributed by atoms with Gasteiger partial charge in [-0.3, -0.25) is 20.7 Å². The number of carboxylic acid groups (broad SMARTS) is 1. The van der Waals surface area contributed by atoms with Gasteiger partial charge < -0.3 is 30.1 Å². The van der Waals surface area contributed by atoms with Crippen molar-refractivity contribution >= 4 is 18.0 Å². The van der Waals surface area contributed by atoms with Crippen molar-refractivity contribution in [2.24, 2.45) is 54.4 Å². The minimum atomic E-state index is -0.941. The molecular weight excluding hydrogens is 775 g/mol. The van der Waals surface area contributed by atoms with Gasteiger partial charge in [0.25, 0.3) is 0 Å². The number of fused-ring (bicyclic) bond motifs is 1. The highest BCUT2D eigenvalue weighted by Crippen LogP contribution is 2.46. The third-order valence-electron chi connectivity index (χ3n) is 13.3. The molecule has 6 fully saturated rings. The Kier molecular flexibility index (Phi) is 17.2. The Morgan fingerprint density at radius 3 is 2.09 bits per heavy atom. The lowest BCUT2D eigenvalue weighted by atomic mass is 9.65. The second-order valence-electron chi connectivity index (χ2n) is 16.9. The lowest BCUT2D eigenvalue weighted by Crippen LogP contribution is -2.75. The maximum atomic E-state index is 11.8. The van der Waals surface area contributed by atoms with E-state index in [1.54, 1.807) is 20.4 Å². The fourth-order valence-corrected chi connectivity index (χ4v) is 10.8. The normalized spacial score (nSPS) is 44.0. The van der Waals surface area contributed by atoms with E-state index in [0.29, 0.717) is 32.1 Å². The molecule has 0 aromatic rings. The highest BCUT2D eigenvalue weighted by atomic mass is 32.2. The van der Waals surface area contributed by atoms with Crippen molar-refractivity contribution in [1.82, 2.24) is 26.6 Å². The van der Waals surface area contributed by atoms with Gasteiger partial charge >= 0.3 is 5.97 Å². The maximum Gasteiger partial charge on any atom is 0.306 e. The van der Waals surface area contributed by atoms with E-state index < -0.39 is 37.0 Å². The van der Waals surface area contributed by atoms with Crippen molar-refractivity contribution in [2.75, 3.05) is 14.2 Å². The summed E-state index contributed by atoms with van der Waals surface area (Å²) in [5, 5.41) is 88.6. The van der Waals surface area contributed by atoms with Crippen molar-refractivity contribution in [1.29, 1.82) is 0 Å². The molecule has 16 atom stereocenters. The largest absolute Gasteiger partial charge is 0.481 e. The molecule has 58 heavy (non-hydrogen) atoms. The predicted molar refractivity (Wildman–Crippen MR) is 212 cm³/mol. The van der Waals surface area contributed by atoms with Gasteiger partial charge in [-0.1, -0.05) is 25.0 Å². The molecule has 0 radical (unpaired) electrons. The fraction of sp³-hybridized carbons (Fsp3) is 0.919. The molecule has 0 amide bonds. The van der Waals surface area contributed by atoms with Gasteiger partial charge in [0.1, 0.15) is 18.6 Å². The van der Waals surface area contributed by atoms with E-state index in [4.69, 9.17) is 39.5 Å². The summed E-state index contributed by atoms with van der Waals surface area (Å²) in [6.07, 6.45) is 8.30. The van der Waals surface area contributed by atoms with Crippen LogP contribution in [-0.4, -0.2) is 126 Å². The zero-order valence-electron chi connectivity index (χ0n) is 33.8. The second-order valence-corrected chi connectivity index (χ2v) is 17.8. The van der Waals surface area contributed by atoms with Crippen LogP contribution in [0.25, 0.3) is 0 Å². The Balaban J connectivity index is 1.02. The number of methoxy groups -OCH3 is 2. The maximum absolute atomic E-state index is 11.8. The lowest BCUT2D eigenvalue weighted by Gasteiger charge is -2.49. The number of aliphatic hydroxyl groups excluding tert-OH is 2. The van der Waals surface area contributed by atoms with Crippen LogP contribution in [0.2, 0.25) is 0 Å². The average Bonchev–Trinajstić information content (AvgIpc) is 3.21. The molecule has 6 rings (SSSR count). The Morgan fingerprint density at radius 1 is 0.776 bits per heavy atom. The zero-order valence-corrected chi connectivity index (χ0v) is 34.6. The summed E-state index contributed by atoms with van der Waals surface area (Å²) in [7, 11) is 3.37. The number of ether oxygens (including phenoxy) is 2. The van der Waals surface area contributed by atoms with Gasteiger partial charge in [-0.05, 0) is 88.2 Å². The van der Waals surface area contributed by atoms with Crippen LogP contribution in [0.1, 0.15) is 90.4 Å². The van der Waals surface area contributed by atoms with Crippen LogP contribution in [0.4, 0.5) is 0 Å². The van der Waals surface area contributed by atoms with Crippen LogP contribution in [0.15, 0.2) is 43.5 Å². The van der Waals surface area contributed by atoms with Crippen LogP contribution >= 0.6 is 12.0 Å². The molecule has 328 valence electrons. The first kappa shape index (κ1) is 45.3. The van der Waals surface area contributed by atoms with Gasteiger partial charge in [-0.2, -0.15) is 30.7 Å².